The Morgan fingerprint density at radius 3 is 1.20 bits per heavy atom. The number of hydrogen-bond donors (Lipinski definition) is 1. The first-order chi connectivity index (χ1) is 1.00. The molecule has 0 aromatic rings. The van der Waals surface area contributed by atoms with Gasteiger partial charge in [-0.15, -0.1) is 0 Å². The molecule has 0 aliphatic rings. The summed E-state index contributed by atoms with van der Waals surface area (Å²) in [4.78, 5) is 0. The fraction of sp³-hybridized carbons (Fsp3) is 1.00. The van der Waals surface area contributed by atoms with Gasteiger partial charge in [-0.3, -0.25) is 0 Å². The van der Waals surface area contributed by atoms with Gasteiger partial charge in [0.25, 0.3) is 0 Å². The molecular weight excluding hydrogens is 184 g/mol. The summed E-state index contributed by atoms with van der Waals surface area (Å²) >= 11 is 0. The summed E-state index contributed by atoms with van der Waals surface area (Å²) in [6, 6.07) is 0. The summed E-state index contributed by atoms with van der Waals surface area (Å²) in [5.41, 5.74) is 0. The Morgan fingerprint density at radius 2 is 1.20 bits per heavy atom. The van der Waals surface area contributed by atoms with E-state index in [-0.39, 0.29) is 53.9 Å². The van der Waals surface area contributed by atoms with E-state index in [9.17, 15) is 0 Å². The molecule has 0 saturated heterocycles. The largest absolute Gasteiger partial charge is 0.400 e. The third-order valence-electron chi connectivity index (χ3n) is 0. The van der Waals surface area contributed by atoms with Gasteiger partial charge in [0.1, 0.15) is 0 Å². The summed E-state index contributed by atoms with van der Waals surface area (Å²) in [5, 5.41) is 7.00. The minimum Gasteiger partial charge on any atom is -0.400 e. The van der Waals surface area contributed by atoms with Crippen LogP contribution in [0.4, 0.5) is 0 Å². The van der Waals surface area contributed by atoms with Crippen LogP contribution < -0.4 is 0 Å². The van der Waals surface area contributed by atoms with Crippen molar-refractivity contribution in [1.29, 1.82) is 0 Å². The second-order valence-corrected chi connectivity index (χ2v) is 0. The van der Waals surface area contributed by atoms with Gasteiger partial charge in [-0.05, 0) is 0 Å². The van der Waals surface area contributed by atoms with Crippen LogP contribution in [0, 0.1) is 0 Å². The second-order valence-electron chi connectivity index (χ2n) is 0. The van der Waals surface area contributed by atoms with Crippen molar-refractivity contribution in [1.82, 2.24) is 0 Å². The number of aliphatic hydroxyl groups excluding tert-OH is 1. The molecule has 0 aromatic heterocycles. The Bertz CT molecular complexity index is 11.6. The predicted molar refractivity (Wildman–Crippen MR) is 18.1 cm³/mol. The zero-order chi connectivity index (χ0) is 2.00. The van der Waals surface area contributed by atoms with E-state index in [4.69, 9.17) is 5.11 Å². The van der Waals surface area contributed by atoms with Gasteiger partial charge in [0.05, 0.1) is 0 Å². The number of aliphatic hydroxyl groups is 1. The molecule has 0 unspecified atom stereocenters. The van der Waals surface area contributed by atoms with Gasteiger partial charge in [-0.2, -0.15) is 0 Å². The summed E-state index contributed by atoms with van der Waals surface area (Å²) in [5.74, 6) is 0. The molecule has 1 nitrogen and oxygen atoms in total. The summed E-state index contributed by atoms with van der Waals surface area (Å²) in [6.45, 7) is 0. The third-order valence-corrected chi connectivity index (χ3v) is 0. The Balaban J connectivity index is -0.00000000167. The molecule has 0 saturated carbocycles. The predicted octanol–water partition coefficient (Wildman–Crippen LogP) is -1.58. The minimum atomic E-state index is 0. The van der Waals surface area contributed by atoms with Crippen LogP contribution in [0.15, 0.2) is 0 Å². The molecule has 0 atom stereocenters. The third kappa shape index (κ3) is 27.8. The van der Waals surface area contributed by atoms with Crippen molar-refractivity contribution in [2.75, 3.05) is 7.11 Å². The van der Waals surface area contributed by atoms with Gasteiger partial charge in [0, 0.05) is 43.7 Å². The molecule has 0 aliphatic carbocycles. The van der Waals surface area contributed by atoms with Crippen molar-refractivity contribution in [3.63, 3.8) is 0 Å². The van der Waals surface area contributed by atoms with E-state index in [0.29, 0.717) is 0 Å². The van der Waals surface area contributed by atoms with E-state index >= 15 is 0 Å². The van der Waals surface area contributed by atoms with Gasteiger partial charge in [-0.1, -0.05) is 0 Å². The molecule has 0 aromatic carbocycles. The SMILES string of the molecule is CO.[AlH3].[Cu].[Zn]. The summed E-state index contributed by atoms with van der Waals surface area (Å²) in [6.07, 6.45) is 0. The molecule has 5 heavy (non-hydrogen) atoms. The maximum absolute atomic E-state index is 7.00. The van der Waals surface area contributed by atoms with E-state index in [1.165, 1.54) is 0 Å². The topological polar surface area (TPSA) is 20.2 Å². The van der Waals surface area contributed by atoms with Crippen LogP contribution in [-0.2, 0) is 36.5 Å². The van der Waals surface area contributed by atoms with Crippen LogP contribution >= 0.6 is 0 Å². The first kappa shape index (κ1) is 30.3. The van der Waals surface area contributed by atoms with Gasteiger partial charge in [0.15, 0.2) is 17.4 Å². The average molecular weight is 191 g/mol. The second kappa shape index (κ2) is 45.3. The summed E-state index contributed by atoms with van der Waals surface area (Å²) in [7, 11) is 1.00. The Morgan fingerprint density at radius 1 is 1.20 bits per heavy atom. The first-order valence-corrected chi connectivity index (χ1v) is 0.447. The van der Waals surface area contributed by atoms with Crippen LogP contribution in [0.1, 0.15) is 0 Å². The van der Waals surface area contributed by atoms with E-state index in [2.05, 4.69) is 0 Å². The molecule has 4 heteroatoms. The van der Waals surface area contributed by atoms with Crippen molar-refractivity contribution in [3.05, 3.63) is 0 Å². The molecule has 0 rings (SSSR count). The average Bonchev–Trinajstić information content (AvgIpc) is 1.00. The van der Waals surface area contributed by atoms with Crippen molar-refractivity contribution < 1.29 is 41.7 Å². The molecule has 0 aliphatic heterocycles. The molecule has 0 bridgehead atoms. The number of hydrogen-bond acceptors (Lipinski definition) is 1. The Hall–Kier alpha value is 1.64. The fourth-order valence-corrected chi connectivity index (χ4v) is 0. The maximum atomic E-state index is 7.00. The fourth-order valence-electron chi connectivity index (χ4n) is 0. The molecule has 0 spiro atoms. The van der Waals surface area contributed by atoms with Crippen LogP contribution in [0.5, 0.6) is 0 Å². The molecule has 0 amide bonds. The van der Waals surface area contributed by atoms with E-state index in [1.54, 1.807) is 0 Å². The van der Waals surface area contributed by atoms with Crippen LogP contribution in [0.3, 0.4) is 0 Å². The normalized spacial score (nSPS) is 1.20. The summed E-state index contributed by atoms with van der Waals surface area (Å²) < 4.78 is 0. The molecule has 1 radical (unpaired) electrons. The Labute approximate surface area is 65.9 Å². The number of rotatable bonds is 0. The molecule has 1 N–H and O–H groups in total. The maximum Gasteiger partial charge on any atom is 0.187 e. The van der Waals surface area contributed by atoms with E-state index < -0.39 is 0 Å². The quantitative estimate of drug-likeness (QED) is 0.458. The molecule has 0 fully saturated rings. The minimum absolute atomic E-state index is 0. The van der Waals surface area contributed by atoms with Gasteiger partial charge >= 0.3 is 0 Å². The molecular formula is CH7AlCuOZn. The van der Waals surface area contributed by atoms with Crippen molar-refractivity contribution in [2.24, 2.45) is 0 Å². The van der Waals surface area contributed by atoms with Gasteiger partial charge in [-0.25, -0.2) is 0 Å². The van der Waals surface area contributed by atoms with Crippen molar-refractivity contribution >= 4 is 17.4 Å². The molecule has 33 valence electrons. The van der Waals surface area contributed by atoms with Crippen LogP contribution in [0.25, 0.3) is 0 Å². The monoisotopic (exact) mass is 189 g/mol. The smallest absolute Gasteiger partial charge is 0.187 e. The molecule has 0 heterocycles. The first-order valence-electron chi connectivity index (χ1n) is 0.447. The zero-order valence-corrected chi connectivity index (χ0v) is 6.36. The van der Waals surface area contributed by atoms with Crippen LogP contribution in [-0.4, -0.2) is 29.6 Å². The van der Waals surface area contributed by atoms with Crippen molar-refractivity contribution in [3.8, 4) is 0 Å². The van der Waals surface area contributed by atoms with E-state index in [1.807, 2.05) is 0 Å². The standard InChI is InChI=1S/CH4O.Al.Cu.Zn.3H/c1-2;;;;;;/h2H,1H3;;;;;;. The van der Waals surface area contributed by atoms with Gasteiger partial charge < -0.3 is 5.11 Å². The van der Waals surface area contributed by atoms with Gasteiger partial charge in [0.2, 0.25) is 0 Å². The van der Waals surface area contributed by atoms with Crippen molar-refractivity contribution in [2.45, 2.75) is 0 Å². The van der Waals surface area contributed by atoms with Crippen LogP contribution in [0.2, 0.25) is 0 Å². The van der Waals surface area contributed by atoms with E-state index in [0.717, 1.165) is 7.11 Å². The zero-order valence-electron chi connectivity index (χ0n) is 2.46. The Kier molecular flexibility index (Phi) is 275.